The van der Waals surface area contributed by atoms with Crippen LogP contribution in [0.3, 0.4) is 0 Å². The Morgan fingerprint density at radius 2 is 2.21 bits per heavy atom. The van der Waals surface area contributed by atoms with Gasteiger partial charge in [-0.05, 0) is 12.1 Å². The van der Waals surface area contributed by atoms with E-state index < -0.39 is 0 Å². The molecule has 0 bridgehead atoms. The molecule has 0 spiro atoms. The number of imide groups is 1. The molecule has 1 aliphatic heterocycles. The molecular weight excluding hydrogens is 180 g/mol. The molecule has 1 aliphatic rings. The lowest BCUT2D eigenvalue weighted by molar-refractivity contribution is -0.120. The predicted molar refractivity (Wildman–Crippen MR) is 50.5 cm³/mol. The van der Waals surface area contributed by atoms with Gasteiger partial charge in [-0.2, -0.15) is 0 Å². The summed E-state index contributed by atoms with van der Waals surface area (Å²) >= 11 is 0. The lowest BCUT2D eigenvalue weighted by Crippen LogP contribution is -2.28. The van der Waals surface area contributed by atoms with Crippen LogP contribution in [0.15, 0.2) is 36.7 Å². The molecule has 2 amide bonds. The molecule has 14 heavy (non-hydrogen) atoms. The Bertz CT molecular complexity index is 411. The van der Waals surface area contributed by atoms with Crippen molar-refractivity contribution in [1.29, 1.82) is 0 Å². The zero-order chi connectivity index (χ0) is 10.1. The number of hydrogen-bond acceptors (Lipinski definition) is 3. The first-order valence-corrected chi connectivity index (χ1v) is 4.15. The first kappa shape index (κ1) is 8.62. The Labute approximate surface area is 80.9 Å². The van der Waals surface area contributed by atoms with Gasteiger partial charge in [0.15, 0.2) is 0 Å². The van der Waals surface area contributed by atoms with Gasteiger partial charge in [0, 0.05) is 11.8 Å². The van der Waals surface area contributed by atoms with Crippen molar-refractivity contribution in [2.45, 2.75) is 6.42 Å². The van der Waals surface area contributed by atoms with Gasteiger partial charge in [0.25, 0.3) is 5.91 Å². The van der Waals surface area contributed by atoms with E-state index >= 15 is 0 Å². The summed E-state index contributed by atoms with van der Waals surface area (Å²) in [4.78, 5) is 27.9. The Hall–Kier alpha value is -1.97. The molecular formula is C10H8N2O2. The van der Waals surface area contributed by atoms with Gasteiger partial charge in [-0.25, -0.2) is 4.90 Å². The normalized spacial score (nSPS) is 16.6. The maximum absolute atomic E-state index is 11.5. The summed E-state index contributed by atoms with van der Waals surface area (Å²) in [6.45, 7) is 3.53. The van der Waals surface area contributed by atoms with E-state index in [1.165, 1.54) is 6.20 Å². The summed E-state index contributed by atoms with van der Waals surface area (Å²) in [5.74, 6) is -0.573. The maximum Gasteiger partial charge on any atom is 0.260 e. The molecule has 0 aliphatic carbocycles. The second-order valence-corrected chi connectivity index (χ2v) is 3.03. The van der Waals surface area contributed by atoms with Crippen molar-refractivity contribution in [3.05, 3.63) is 36.7 Å². The first-order chi connectivity index (χ1) is 6.70. The van der Waals surface area contributed by atoms with Crippen LogP contribution in [-0.2, 0) is 9.59 Å². The van der Waals surface area contributed by atoms with Crippen LogP contribution in [0.5, 0.6) is 0 Å². The number of aromatic nitrogens is 1. The molecule has 2 rings (SSSR count). The van der Waals surface area contributed by atoms with Gasteiger partial charge in [0.2, 0.25) is 5.91 Å². The fraction of sp³-hybridized carbons (Fsp3) is 0.100. The number of hydrogen-bond donors (Lipinski definition) is 0. The van der Waals surface area contributed by atoms with Crippen molar-refractivity contribution in [2.75, 3.05) is 4.90 Å². The second kappa shape index (κ2) is 3.06. The molecule has 0 atom stereocenters. The highest BCUT2D eigenvalue weighted by molar-refractivity contribution is 6.27. The lowest BCUT2D eigenvalue weighted by atomic mass is 10.3. The summed E-state index contributed by atoms with van der Waals surface area (Å²) in [5.41, 5.74) is 0.833. The minimum Gasteiger partial charge on any atom is -0.274 e. The number of nitrogens with zero attached hydrogens (tertiary/aromatic N) is 2. The van der Waals surface area contributed by atoms with E-state index in [-0.39, 0.29) is 18.2 Å². The van der Waals surface area contributed by atoms with Crippen LogP contribution in [0, 0.1) is 0 Å². The van der Waals surface area contributed by atoms with E-state index in [9.17, 15) is 9.59 Å². The molecule has 1 aromatic rings. The third-order valence-corrected chi connectivity index (χ3v) is 2.02. The van der Waals surface area contributed by atoms with Crippen LogP contribution < -0.4 is 4.90 Å². The molecule has 0 N–H and O–H groups in total. The Balaban J connectivity index is 2.41. The maximum atomic E-state index is 11.5. The summed E-state index contributed by atoms with van der Waals surface area (Å²) in [7, 11) is 0. The van der Waals surface area contributed by atoms with Gasteiger partial charge in [0.1, 0.15) is 0 Å². The van der Waals surface area contributed by atoms with Crippen LogP contribution in [-0.4, -0.2) is 16.8 Å². The zero-order valence-corrected chi connectivity index (χ0v) is 7.43. The molecule has 70 valence electrons. The second-order valence-electron chi connectivity index (χ2n) is 3.03. The number of rotatable bonds is 1. The van der Waals surface area contributed by atoms with E-state index in [0.29, 0.717) is 11.3 Å². The van der Waals surface area contributed by atoms with E-state index in [1.807, 2.05) is 0 Å². The van der Waals surface area contributed by atoms with Gasteiger partial charge < -0.3 is 0 Å². The van der Waals surface area contributed by atoms with Crippen LogP contribution in [0.4, 0.5) is 5.69 Å². The van der Waals surface area contributed by atoms with E-state index in [1.54, 1.807) is 18.3 Å². The molecule has 0 radical (unpaired) electrons. The van der Waals surface area contributed by atoms with E-state index in [2.05, 4.69) is 11.6 Å². The highest BCUT2D eigenvalue weighted by Crippen LogP contribution is 2.23. The number of carbonyl (C=O) groups is 2. The largest absolute Gasteiger partial charge is 0.274 e. The molecule has 2 heterocycles. The van der Waals surface area contributed by atoms with Gasteiger partial charge in [0.05, 0.1) is 18.3 Å². The van der Waals surface area contributed by atoms with Crippen molar-refractivity contribution in [1.82, 2.24) is 4.98 Å². The Kier molecular flexibility index (Phi) is 1.89. The minimum absolute atomic E-state index is 0.105. The van der Waals surface area contributed by atoms with Crippen LogP contribution >= 0.6 is 0 Å². The third kappa shape index (κ3) is 1.21. The molecule has 1 aromatic heterocycles. The quantitative estimate of drug-likeness (QED) is 0.486. The van der Waals surface area contributed by atoms with Crippen molar-refractivity contribution in [2.24, 2.45) is 0 Å². The summed E-state index contributed by atoms with van der Waals surface area (Å²) in [6.07, 6.45) is 3.17. The van der Waals surface area contributed by atoms with Crippen molar-refractivity contribution >= 4 is 17.5 Å². The summed E-state index contributed by atoms with van der Waals surface area (Å²) < 4.78 is 0. The fourth-order valence-corrected chi connectivity index (χ4v) is 1.36. The van der Waals surface area contributed by atoms with Crippen molar-refractivity contribution in [3.63, 3.8) is 0 Å². The molecule has 0 aromatic carbocycles. The topological polar surface area (TPSA) is 50.3 Å². The summed E-state index contributed by atoms with van der Waals surface area (Å²) in [5, 5.41) is 0. The number of amides is 2. The molecule has 1 fully saturated rings. The van der Waals surface area contributed by atoms with E-state index in [4.69, 9.17) is 0 Å². The lowest BCUT2D eigenvalue weighted by Gasteiger charge is -2.11. The zero-order valence-electron chi connectivity index (χ0n) is 7.43. The predicted octanol–water partition coefficient (Wildman–Crippen LogP) is 0.901. The Morgan fingerprint density at radius 3 is 2.71 bits per heavy atom. The van der Waals surface area contributed by atoms with Crippen LogP contribution in [0.2, 0.25) is 0 Å². The van der Waals surface area contributed by atoms with Gasteiger partial charge in [-0.1, -0.05) is 6.58 Å². The number of anilines is 1. The SMILES string of the molecule is C=C1CC(=O)N(c2cccnc2)C1=O. The average molecular weight is 188 g/mol. The molecule has 0 unspecified atom stereocenters. The molecule has 0 saturated carbocycles. The highest BCUT2D eigenvalue weighted by Gasteiger charge is 2.33. The Morgan fingerprint density at radius 1 is 1.43 bits per heavy atom. The molecule has 4 heteroatoms. The standard InChI is InChI=1S/C10H8N2O2/c1-7-5-9(13)12(10(7)14)8-3-2-4-11-6-8/h2-4,6H,1,5H2. The van der Waals surface area contributed by atoms with Gasteiger partial charge in [-0.3, -0.25) is 14.6 Å². The smallest absolute Gasteiger partial charge is 0.260 e. The number of carbonyl (C=O) groups excluding carboxylic acids is 2. The van der Waals surface area contributed by atoms with Crippen molar-refractivity contribution < 1.29 is 9.59 Å². The summed E-state index contributed by atoms with van der Waals surface area (Å²) in [6, 6.07) is 3.35. The average Bonchev–Trinajstić information content (AvgIpc) is 2.43. The van der Waals surface area contributed by atoms with Gasteiger partial charge in [-0.15, -0.1) is 0 Å². The highest BCUT2D eigenvalue weighted by atomic mass is 16.2. The fourth-order valence-electron chi connectivity index (χ4n) is 1.36. The minimum atomic E-state index is -0.331. The van der Waals surface area contributed by atoms with E-state index in [0.717, 1.165) is 4.90 Å². The first-order valence-electron chi connectivity index (χ1n) is 4.15. The number of pyridine rings is 1. The monoisotopic (exact) mass is 188 g/mol. The molecule has 4 nitrogen and oxygen atoms in total. The third-order valence-electron chi connectivity index (χ3n) is 2.02. The van der Waals surface area contributed by atoms with Gasteiger partial charge >= 0.3 is 0 Å². The van der Waals surface area contributed by atoms with Crippen molar-refractivity contribution in [3.8, 4) is 0 Å². The van der Waals surface area contributed by atoms with Crippen LogP contribution in [0.25, 0.3) is 0 Å². The molecule has 1 saturated heterocycles. The van der Waals surface area contributed by atoms with Crippen LogP contribution in [0.1, 0.15) is 6.42 Å².